The van der Waals surface area contributed by atoms with Crippen molar-refractivity contribution in [3.05, 3.63) is 24.3 Å². The Kier molecular flexibility index (Phi) is 4.39. The molecule has 0 aliphatic carbocycles. The van der Waals surface area contributed by atoms with E-state index in [1.54, 1.807) is 7.11 Å². The van der Waals surface area contributed by atoms with E-state index in [4.69, 9.17) is 9.16 Å². The topological polar surface area (TPSA) is 18.5 Å². The molecule has 3 heteroatoms. The highest BCUT2D eigenvalue weighted by Crippen LogP contribution is 2.25. The van der Waals surface area contributed by atoms with Gasteiger partial charge in [0.05, 0.1) is 7.11 Å². The molecule has 0 heterocycles. The highest BCUT2D eigenvalue weighted by atomic mass is 28.2. The third-order valence-corrected chi connectivity index (χ3v) is 2.67. The fourth-order valence-corrected chi connectivity index (χ4v) is 1.56. The summed E-state index contributed by atoms with van der Waals surface area (Å²) in [5.41, 5.74) is 0. The highest BCUT2D eigenvalue weighted by Gasteiger charge is 2.01. The summed E-state index contributed by atoms with van der Waals surface area (Å²) in [5, 5.41) is 0. The van der Waals surface area contributed by atoms with Crippen LogP contribution in [0.5, 0.6) is 11.5 Å². The van der Waals surface area contributed by atoms with Crippen molar-refractivity contribution in [2.75, 3.05) is 7.11 Å². The van der Waals surface area contributed by atoms with Crippen molar-refractivity contribution in [2.45, 2.75) is 19.4 Å². The van der Waals surface area contributed by atoms with Crippen molar-refractivity contribution in [3.63, 3.8) is 0 Å². The Hall–Kier alpha value is -0.963. The first-order valence-electron chi connectivity index (χ1n) is 4.41. The molecule has 0 amide bonds. The molecule has 0 aromatic heterocycles. The van der Waals surface area contributed by atoms with Gasteiger partial charge < -0.3 is 9.16 Å². The van der Waals surface area contributed by atoms with E-state index in [1.807, 2.05) is 24.3 Å². The lowest BCUT2D eigenvalue weighted by atomic mass is 10.3. The van der Waals surface area contributed by atoms with Crippen LogP contribution in [-0.4, -0.2) is 16.9 Å². The number of hydrogen-bond donors (Lipinski definition) is 0. The minimum absolute atomic E-state index is 0.529. The van der Waals surface area contributed by atoms with Crippen LogP contribution in [0.1, 0.15) is 13.3 Å². The average molecular weight is 194 g/mol. The van der Waals surface area contributed by atoms with Gasteiger partial charge in [0.2, 0.25) is 0 Å². The zero-order valence-electron chi connectivity index (χ0n) is 8.04. The van der Waals surface area contributed by atoms with E-state index in [1.165, 1.54) is 0 Å². The van der Waals surface area contributed by atoms with Gasteiger partial charge in [0.1, 0.15) is 5.75 Å². The molecule has 0 saturated heterocycles. The molecule has 0 atom stereocenters. The molecule has 0 N–H and O–H groups in total. The van der Waals surface area contributed by atoms with Gasteiger partial charge in [-0.1, -0.05) is 25.5 Å². The number of hydrogen-bond acceptors (Lipinski definition) is 2. The summed E-state index contributed by atoms with van der Waals surface area (Å²) >= 11 is 0. The molecular weight excluding hydrogens is 180 g/mol. The van der Waals surface area contributed by atoms with Crippen LogP contribution in [0.3, 0.4) is 0 Å². The number of ether oxygens (including phenoxy) is 1. The Balaban J connectivity index is 2.54. The molecule has 0 aliphatic rings. The average Bonchev–Trinajstić information content (AvgIpc) is 2.19. The van der Waals surface area contributed by atoms with E-state index in [9.17, 15) is 0 Å². The minimum atomic E-state index is 0.529. The predicted octanol–water partition coefficient (Wildman–Crippen LogP) is 2.52. The summed E-state index contributed by atoms with van der Waals surface area (Å²) in [4.78, 5) is 0. The summed E-state index contributed by atoms with van der Waals surface area (Å²) in [5.74, 6) is 1.66. The molecule has 0 bridgehead atoms. The number of benzene rings is 1. The molecule has 0 unspecified atom stereocenters. The minimum Gasteiger partial charge on any atom is -0.538 e. The van der Waals surface area contributed by atoms with Crippen molar-refractivity contribution >= 4 is 9.76 Å². The smallest absolute Gasteiger partial charge is 0.310 e. The Bertz CT molecular complexity index is 250. The molecular formula is C10H14O2Si. The lowest BCUT2D eigenvalue weighted by Gasteiger charge is -2.08. The van der Waals surface area contributed by atoms with Gasteiger partial charge in [-0.25, -0.2) is 0 Å². The highest BCUT2D eigenvalue weighted by molar-refractivity contribution is 6.28. The predicted molar refractivity (Wildman–Crippen MR) is 54.5 cm³/mol. The van der Waals surface area contributed by atoms with Crippen LogP contribution in [0.15, 0.2) is 24.3 Å². The normalized spacial score (nSPS) is 9.69. The summed E-state index contributed by atoms with van der Waals surface area (Å²) in [6, 6.07) is 8.84. The van der Waals surface area contributed by atoms with Crippen molar-refractivity contribution in [2.24, 2.45) is 0 Å². The van der Waals surface area contributed by atoms with Crippen molar-refractivity contribution in [1.82, 2.24) is 0 Å². The van der Waals surface area contributed by atoms with Crippen LogP contribution in [0.2, 0.25) is 6.04 Å². The summed E-state index contributed by atoms with van der Waals surface area (Å²) < 4.78 is 10.7. The Morgan fingerprint density at radius 3 is 2.54 bits per heavy atom. The van der Waals surface area contributed by atoms with Crippen LogP contribution in [0.25, 0.3) is 0 Å². The van der Waals surface area contributed by atoms with Crippen molar-refractivity contribution < 1.29 is 9.16 Å². The van der Waals surface area contributed by atoms with Gasteiger partial charge in [0.15, 0.2) is 5.75 Å². The maximum atomic E-state index is 5.57. The SMILES string of the molecule is CCC[Si]Oc1ccccc1OC. The third kappa shape index (κ3) is 3.11. The van der Waals surface area contributed by atoms with Crippen molar-refractivity contribution in [3.8, 4) is 11.5 Å². The van der Waals surface area contributed by atoms with Crippen LogP contribution in [-0.2, 0) is 0 Å². The first-order chi connectivity index (χ1) is 6.38. The third-order valence-electron chi connectivity index (χ3n) is 1.60. The Morgan fingerprint density at radius 1 is 1.23 bits per heavy atom. The molecule has 0 aliphatic heterocycles. The lowest BCUT2D eigenvalue weighted by Crippen LogP contribution is -2.01. The second-order valence-corrected chi connectivity index (χ2v) is 3.64. The molecule has 70 valence electrons. The first kappa shape index (κ1) is 10.1. The second-order valence-electron chi connectivity index (χ2n) is 2.65. The van der Waals surface area contributed by atoms with Crippen LogP contribution >= 0.6 is 0 Å². The molecule has 2 radical (unpaired) electrons. The fourth-order valence-electron chi connectivity index (χ4n) is 0.934. The molecule has 13 heavy (non-hydrogen) atoms. The zero-order valence-corrected chi connectivity index (χ0v) is 9.04. The molecule has 0 fully saturated rings. The van der Waals surface area contributed by atoms with Gasteiger partial charge >= 0.3 is 9.76 Å². The Labute approximate surface area is 81.8 Å². The van der Waals surface area contributed by atoms with E-state index in [0.717, 1.165) is 24.0 Å². The van der Waals surface area contributed by atoms with E-state index < -0.39 is 0 Å². The largest absolute Gasteiger partial charge is 0.538 e. The molecule has 0 spiro atoms. The van der Waals surface area contributed by atoms with Gasteiger partial charge in [-0.3, -0.25) is 0 Å². The molecule has 1 aromatic carbocycles. The Morgan fingerprint density at radius 2 is 1.92 bits per heavy atom. The molecule has 1 rings (SSSR count). The monoisotopic (exact) mass is 194 g/mol. The number of para-hydroxylation sites is 2. The van der Waals surface area contributed by atoms with Gasteiger partial charge in [0, 0.05) is 0 Å². The van der Waals surface area contributed by atoms with Gasteiger partial charge in [-0.2, -0.15) is 0 Å². The molecule has 2 nitrogen and oxygen atoms in total. The fraction of sp³-hybridized carbons (Fsp3) is 0.400. The maximum absolute atomic E-state index is 5.57. The van der Waals surface area contributed by atoms with E-state index in [2.05, 4.69) is 6.92 Å². The van der Waals surface area contributed by atoms with Crippen molar-refractivity contribution in [1.29, 1.82) is 0 Å². The van der Waals surface area contributed by atoms with Crippen LogP contribution in [0, 0.1) is 0 Å². The lowest BCUT2D eigenvalue weighted by molar-refractivity contribution is 0.395. The van der Waals surface area contributed by atoms with E-state index in [0.29, 0.717) is 9.76 Å². The maximum Gasteiger partial charge on any atom is 0.310 e. The van der Waals surface area contributed by atoms with Crippen LogP contribution in [0.4, 0.5) is 0 Å². The second kappa shape index (κ2) is 5.64. The quantitative estimate of drug-likeness (QED) is 0.529. The zero-order chi connectivity index (χ0) is 9.52. The number of rotatable bonds is 5. The summed E-state index contributed by atoms with van der Waals surface area (Å²) in [7, 11) is 2.19. The van der Waals surface area contributed by atoms with Gasteiger partial charge in [0.25, 0.3) is 0 Å². The van der Waals surface area contributed by atoms with E-state index >= 15 is 0 Å². The first-order valence-corrected chi connectivity index (χ1v) is 5.52. The van der Waals surface area contributed by atoms with Crippen LogP contribution < -0.4 is 9.16 Å². The number of methoxy groups -OCH3 is 1. The van der Waals surface area contributed by atoms with Gasteiger partial charge in [-0.05, 0) is 18.2 Å². The standard InChI is InChI=1S/C10H14O2Si/c1-3-8-13-12-10-7-5-4-6-9(10)11-2/h4-7H,3,8H2,1-2H3. The summed E-state index contributed by atoms with van der Waals surface area (Å²) in [6.07, 6.45) is 1.16. The summed E-state index contributed by atoms with van der Waals surface area (Å²) in [6.45, 7) is 2.15. The van der Waals surface area contributed by atoms with E-state index in [-0.39, 0.29) is 0 Å². The van der Waals surface area contributed by atoms with Gasteiger partial charge in [-0.15, -0.1) is 0 Å². The molecule has 1 aromatic rings. The molecule has 0 saturated carbocycles.